The van der Waals surface area contributed by atoms with Crippen LogP contribution in [-0.4, -0.2) is 28.9 Å². The number of anilines is 1. The fourth-order valence-corrected chi connectivity index (χ4v) is 9.82. The molecule has 3 aromatic rings. The third-order valence-electron chi connectivity index (χ3n) is 9.55. The number of carbonyl (C=O) groups is 2. The normalized spacial score (nSPS) is 19.5. The zero-order valence-corrected chi connectivity index (χ0v) is 30.4. The molecule has 7 nitrogen and oxygen atoms in total. The molecule has 0 N–H and O–H groups in total. The van der Waals surface area contributed by atoms with E-state index in [9.17, 15) is 24.0 Å². The number of carboxylic acid groups (broad SMARTS) is 2. The van der Waals surface area contributed by atoms with E-state index in [0.29, 0.717) is 18.8 Å². The van der Waals surface area contributed by atoms with Gasteiger partial charge in [-0.1, -0.05) is 53.8 Å². The molecule has 3 aliphatic rings. The first kappa shape index (κ1) is 35.4. The van der Waals surface area contributed by atoms with Gasteiger partial charge in [-0.2, -0.15) is 4.57 Å². The van der Waals surface area contributed by atoms with Gasteiger partial charge in [-0.3, -0.25) is 4.21 Å². The number of thiazole rings is 1. The van der Waals surface area contributed by atoms with E-state index in [1.165, 1.54) is 31.9 Å². The standard InChI is InChI=1S/C39H44N2O5S3/c1-49(46)31-18-19-35-33(26-31)41(21-9-3-5-13-39(44)45)37(48-35)25-28-15-17-29-16-14-27(22-30(29)23-28)24-36-40(20-8-2-4-12-38(42)43)32-10-6-7-11-34(32)47-36/h6-7,10-11,18-19,22-26,29H,2-5,8-9,12-17,20-21H2,1H3,(H-,42,43,44,45)/p-1. The van der Waals surface area contributed by atoms with Gasteiger partial charge in [0.05, 0.1) is 10.7 Å². The molecule has 0 spiro atoms. The summed E-state index contributed by atoms with van der Waals surface area (Å²) < 4.78 is 16.0. The lowest BCUT2D eigenvalue weighted by molar-refractivity contribution is -0.669. The molecule has 2 aromatic carbocycles. The first-order valence-electron chi connectivity index (χ1n) is 17.3. The minimum Gasteiger partial charge on any atom is -0.550 e. The average Bonchev–Trinajstić information content (AvgIpc) is 3.60. The second-order valence-electron chi connectivity index (χ2n) is 13.1. The molecule has 49 heavy (non-hydrogen) atoms. The number of aryl methyl sites for hydroxylation is 1. The fourth-order valence-electron chi connectivity index (χ4n) is 6.97. The minimum absolute atomic E-state index is 0.0855. The van der Waals surface area contributed by atoms with Crippen molar-refractivity contribution in [2.75, 3.05) is 17.7 Å². The number of allylic oxidation sites excluding steroid dienone is 6. The van der Waals surface area contributed by atoms with Gasteiger partial charge in [-0.05, 0) is 117 Å². The number of carboxylic acids is 2. The molecular formula is C39H43N2O5S3-. The van der Waals surface area contributed by atoms with Gasteiger partial charge < -0.3 is 24.7 Å². The number of para-hydroxylation sites is 1. The van der Waals surface area contributed by atoms with Gasteiger partial charge in [0, 0.05) is 63.9 Å². The number of hydrogen-bond donors (Lipinski definition) is 0. The van der Waals surface area contributed by atoms with Gasteiger partial charge in [0.25, 0.3) is 5.01 Å². The molecule has 0 saturated heterocycles. The second-order valence-corrected chi connectivity index (χ2v) is 16.6. The van der Waals surface area contributed by atoms with Crippen molar-refractivity contribution >= 4 is 67.8 Å². The monoisotopic (exact) mass is 715 g/mol. The summed E-state index contributed by atoms with van der Waals surface area (Å²) >= 11 is 3.57. The number of benzene rings is 2. The van der Waals surface area contributed by atoms with Crippen LogP contribution in [0.3, 0.4) is 0 Å². The summed E-state index contributed by atoms with van der Waals surface area (Å²) in [6.45, 7) is 1.63. The van der Waals surface area contributed by atoms with Crippen molar-refractivity contribution < 1.29 is 28.6 Å². The number of aromatic nitrogens is 1. The van der Waals surface area contributed by atoms with Gasteiger partial charge in [0.2, 0.25) is 5.52 Å². The summed E-state index contributed by atoms with van der Waals surface area (Å²) in [5, 5.41) is 24.2. The minimum atomic E-state index is -1.08. The van der Waals surface area contributed by atoms with Crippen molar-refractivity contribution in [2.24, 2.45) is 5.92 Å². The van der Waals surface area contributed by atoms with E-state index in [2.05, 4.69) is 64.1 Å². The van der Waals surface area contributed by atoms with E-state index >= 15 is 0 Å². The zero-order chi connectivity index (χ0) is 34.3. The first-order valence-corrected chi connectivity index (χ1v) is 20.5. The third kappa shape index (κ3) is 9.01. The van der Waals surface area contributed by atoms with Crippen molar-refractivity contribution in [2.45, 2.75) is 93.4 Å². The van der Waals surface area contributed by atoms with Crippen molar-refractivity contribution in [1.82, 2.24) is 0 Å². The number of aliphatic carboxylic acids is 2. The highest BCUT2D eigenvalue weighted by molar-refractivity contribution is 8.03. The largest absolute Gasteiger partial charge is 0.550 e. The maximum absolute atomic E-state index is 12.3. The van der Waals surface area contributed by atoms with Crippen LogP contribution < -0.4 is 19.7 Å². The number of carbonyl (C=O) groups excluding carboxylic acids is 2. The molecule has 1 aliphatic heterocycles. The lowest BCUT2D eigenvalue weighted by Gasteiger charge is -2.29. The topological polar surface area (TPSA) is 104 Å². The quantitative estimate of drug-likeness (QED) is 0.132. The molecule has 0 fully saturated rings. The van der Waals surface area contributed by atoms with Crippen LogP contribution in [0.15, 0.2) is 92.2 Å². The molecule has 0 bridgehead atoms. The highest BCUT2D eigenvalue weighted by atomic mass is 32.2. The molecule has 1 aromatic heterocycles. The Morgan fingerprint density at radius 3 is 2.47 bits per heavy atom. The first-order chi connectivity index (χ1) is 23.7. The molecule has 258 valence electrons. The molecule has 10 heteroatoms. The molecule has 2 aliphatic carbocycles. The maximum Gasteiger partial charge on any atom is 0.263 e. The molecular weight excluding hydrogens is 673 g/mol. The van der Waals surface area contributed by atoms with Crippen LogP contribution in [0.2, 0.25) is 0 Å². The fraction of sp³-hybridized carbons (Fsp3) is 0.410. The van der Waals surface area contributed by atoms with E-state index in [4.69, 9.17) is 0 Å². The molecule has 0 saturated carbocycles. The molecule has 0 amide bonds. The van der Waals surface area contributed by atoms with Crippen molar-refractivity contribution in [1.29, 1.82) is 0 Å². The van der Waals surface area contributed by atoms with E-state index in [0.717, 1.165) is 85.0 Å². The highest BCUT2D eigenvalue weighted by Gasteiger charge is 2.28. The molecule has 6 rings (SSSR count). The van der Waals surface area contributed by atoms with E-state index in [-0.39, 0.29) is 12.8 Å². The molecule has 2 atom stereocenters. The Hall–Kier alpha value is -3.47. The second kappa shape index (κ2) is 16.5. The predicted octanol–water partition coefficient (Wildman–Crippen LogP) is 6.44. The van der Waals surface area contributed by atoms with Crippen molar-refractivity contribution in [3.63, 3.8) is 0 Å². The van der Waals surface area contributed by atoms with Gasteiger partial charge in [-0.15, -0.1) is 0 Å². The lowest BCUT2D eigenvalue weighted by atomic mass is 9.77. The number of thioether (sulfide) groups is 1. The number of nitrogens with zero attached hydrogens (tertiary/aromatic N) is 2. The van der Waals surface area contributed by atoms with Crippen molar-refractivity contribution in [3.05, 3.63) is 87.4 Å². The van der Waals surface area contributed by atoms with E-state index in [1.54, 1.807) is 18.0 Å². The maximum atomic E-state index is 12.3. The smallest absolute Gasteiger partial charge is 0.263 e. The van der Waals surface area contributed by atoms with Gasteiger partial charge in [0.1, 0.15) is 4.70 Å². The average molecular weight is 716 g/mol. The lowest BCUT2D eigenvalue weighted by Crippen LogP contribution is -2.35. The van der Waals surface area contributed by atoms with E-state index < -0.39 is 22.7 Å². The molecule has 2 heterocycles. The summed E-state index contributed by atoms with van der Waals surface area (Å²) in [4.78, 5) is 26.0. The Kier molecular flexibility index (Phi) is 11.9. The molecule has 2 unspecified atom stereocenters. The van der Waals surface area contributed by atoms with Gasteiger partial charge in [-0.25, -0.2) is 0 Å². The van der Waals surface area contributed by atoms with Crippen LogP contribution in [0.25, 0.3) is 16.3 Å². The van der Waals surface area contributed by atoms with Crippen LogP contribution in [0.4, 0.5) is 5.69 Å². The Bertz CT molecular complexity index is 1870. The Balaban J connectivity index is 1.23. The summed E-state index contributed by atoms with van der Waals surface area (Å²) in [5.41, 5.74) is 6.35. The summed E-state index contributed by atoms with van der Waals surface area (Å²) in [7, 11) is -1.08. The van der Waals surface area contributed by atoms with Crippen molar-refractivity contribution in [3.8, 4) is 0 Å². The van der Waals surface area contributed by atoms with E-state index in [1.807, 2.05) is 23.5 Å². The van der Waals surface area contributed by atoms with Gasteiger partial charge in [0.15, 0.2) is 6.54 Å². The van der Waals surface area contributed by atoms with Crippen LogP contribution in [-0.2, 0) is 26.9 Å². The number of unbranched alkanes of at least 4 members (excludes halogenated alkanes) is 4. The van der Waals surface area contributed by atoms with Crippen LogP contribution >= 0.6 is 23.1 Å². The Morgan fingerprint density at radius 2 is 1.69 bits per heavy atom. The summed E-state index contributed by atoms with van der Waals surface area (Å²) in [5.74, 6) is -1.41. The number of rotatable bonds is 15. The SMILES string of the molecule is CS(=O)c1ccc2c(c1)N(CCCCCC(=O)[O-])C(=CC1=CC3=CC(=Cc4sc5ccccc5[n+]4CCCCCC(=O)[O-])CCC3CC1)S2. The third-order valence-corrected chi connectivity index (χ3v) is 12.7. The summed E-state index contributed by atoms with van der Waals surface area (Å²) in [6, 6.07) is 14.6. The predicted molar refractivity (Wildman–Crippen MR) is 195 cm³/mol. The number of fused-ring (bicyclic) bond motifs is 3. The van der Waals surface area contributed by atoms with Crippen LogP contribution in [0.5, 0.6) is 0 Å². The van der Waals surface area contributed by atoms with Crippen LogP contribution in [0, 0.1) is 5.92 Å². The Labute approximate surface area is 299 Å². The van der Waals surface area contributed by atoms with Crippen LogP contribution in [0.1, 0.15) is 82.1 Å². The number of hydrogen-bond acceptors (Lipinski definition) is 8. The van der Waals surface area contributed by atoms with Gasteiger partial charge >= 0.3 is 0 Å². The molecule has 0 radical (unpaired) electrons. The Morgan fingerprint density at radius 1 is 0.939 bits per heavy atom. The summed E-state index contributed by atoms with van der Waals surface area (Å²) in [6.07, 6.45) is 20.4. The zero-order valence-electron chi connectivity index (χ0n) is 28.0. The highest BCUT2D eigenvalue weighted by Crippen LogP contribution is 2.48.